The number of aliphatic hydroxyl groups excluding tert-OH is 2. The minimum absolute atomic E-state index is 0.110. The fourth-order valence-electron chi connectivity index (χ4n) is 1.21. The van der Waals surface area contributed by atoms with Crippen LogP contribution < -0.4 is 0 Å². The van der Waals surface area contributed by atoms with Crippen LogP contribution in [0.25, 0.3) is 0 Å². The third kappa shape index (κ3) is 3.94. The summed E-state index contributed by atoms with van der Waals surface area (Å²) in [6, 6.07) is 3.83. The van der Waals surface area contributed by atoms with E-state index in [-0.39, 0.29) is 13.2 Å². The zero-order chi connectivity index (χ0) is 10.4. The lowest BCUT2D eigenvalue weighted by molar-refractivity contribution is 0.157. The van der Waals surface area contributed by atoms with E-state index < -0.39 is 0 Å². The molecular weight excluding hydrogens is 222 g/mol. The fraction of sp³-hybridized carbons (Fsp3) is 0.556. The van der Waals surface area contributed by atoms with Crippen molar-refractivity contribution in [3.63, 3.8) is 0 Å². The Kier molecular flexibility index (Phi) is 5.44. The summed E-state index contributed by atoms with van der Waals surface area (Å²) in [7, 11) is 0. The summed E-state index contributed by atoms with van der Waals surface area (Å²) in [6.07, 6.45) is 0. The van der Waals surface area contributed by atoms with Gasteiger partial charge in [0.1, 0.15) is 0 Å². The van der Waals surface area contributed by atoms with Crippen LogP contribution in [0.1, 0.15) is 4.88 Å². The van der Waals surface area contributed by atoms with Gasteiger partial charge in [0.25, 0.3) is 0 Å². The third-order valence-electron chi connectivity index (χ3n) is 1.84. The van der Waals surface area contributed by atoms with Crippen molar-refractivity contribution in [2.75, 3.05) is 26.3 Å². The fourth-order valence-corrected chi connectivity index (χ4v) is 2.34. The monoisotopic (exact) mass is 235 g/mol. The Labute approximate surface area is 92.5 Å². The molecule has 0 spiro atoms. The van der Waals surface area contributed by atoms with Gasteiger partial charge in [-0.05, 0) is 12.1 Å². The molecule has 0 aliphatic carbocycles. The van der Waals surface area contributed by atoms with Gasteiger partial charge >= 0.3 is 0 Å². The molecule has 0 bridgehead atoms. The van der Waals surface area contributed by atoms with E-state index in [0.717, 1.165) is 15.8 Å². The molecule has 0 aromatic carbocycles. The number of halogens is 1. The zero-order valence-electron chi connectivity index (χ0n) is 7.82. The molecule has 0 fully saturated rings. The van der Waals surface area contributed by atoms with Crippen LogP contribution in [-0.2, 0) is 6.54 Å². The highest BCUT2D eigenvalue weighted by molar-refractivity contribution is 7.16. The molecule has 0 saturated heterocycles. The SMILES string of the molecule is OCCN(CCO)Cc1ccc(Cl)s1. The molecule has 5 heteroatoms. The smallest absolute Gasteiger partial charge is 0.0931 e. The third-order valence-corrected chi connectivity index (χ3v) is 3.06. The Morgan fingerprint density at radius 1 is 1.21 bits per heavy atom. The number of rotatable bonds is 6. The minimum Gasteiger partial charge on any atom is -0.395 e. The van der Waals surface area contributed by atoms with Crippen LogP contribution in [0.3, 0.4) is 0 Å². The van der Waals surface area contributed by atoms with Crippen molar-refractivity contribution >= 4 is 22.9 Å². The number of hydrogen-bond acceptors (Lipinski definition) is 4. The average Bonchev–Trinajstić information content (AvgIpc) is 2.52. The first-order valence-electron chi connectivity index (χ1n) is 4.44. The van der Waals surface area contributed by atoms with E-state index in [9.17, 15) is 0 Å². The maximum Gasteiger partial charge on any atom is 0.0931 e. The molecule has 1 aromatic heterocycles. The Hall–Kier alpha value is -0.130. The van der Waals surface area contributed by atoms with Crippen molar-refractivity contribution in [2.24, 2.45) is 0 Å². The Morgan fingerprint density at radius 3 is 2.29 bits per heavy atom. The van der Waals surface area contributed by atoms with Crippen LogP contribution in [0.5, 0.6) is 0 Å². The molecule has 0 saturated carbocycles. The molecular formula is C9H14ClNO2S. The summed E-state index contributed by atoms with van der Waals surface area (Å²) in [4.78, 5) is 3.14. The van der Waals surface area contributed by atoms with Gasteiger partial charge in [0.15, 0.2) is 0 Å². The first-order chi connectivity index (χ1) is 6.76. The molecule has 0 atom stereocenters. The highest BCUT2D eigenvalue weighted by atomic mass is 35.5. The predicted molar refractivity (Wildman–Crippen MR) is 58.8 cm³/mol. The molecule has 0 amide bonds. The van der Waals surface area contributed by atoms with Crippen molar-refractivity contribution in [2.45, 2.75) is 6.54 Å². The summed E-state index contributed by atoms with van der Waals surface area (Å²) in [5, 5.41) is 17.6. The van der Waals surface area contributed by atoms with Gasteiger partial charge in [0, 0.05) is 24.5 Å². The van der Waals surface area contributed by atoms with Gasteiger partial charge in [-0.15, -0.1) is 11.3 Å². The van der Waals surface area contributed by atoms with E-state index in [0.29, 0.717) is 13.1 Å². The van der Waals surface area contributed by atoms with E-state index >= 15 is 0 Å². The van der Waals surface area contributed by atoms with Gasteiger partial charge in [0.05, 0.1) is 17.6 Å². The number of thiophene rings is 1. The maximum absolute atomic E-state index is 8.80. The summed E-state index contributed by atoms with van der Waals surface area (Å²) < 4.78 is 0.771. The van der Waals surface area contributed by atoms with Crippen LogP contribution in [-0.4, -0.2) is 41.4 Å². The molecule has 80 valence electrons. The summed E-state index contributed by atoms with van der Waals surface area (Å²) in [5.74, 6) is 0. The van der Waals surface area contributed by atoms with Crippen LogP contribution in [0.4, 0.5) is 0 Å². The Morgan fingerprint density at radius 2 is 1.86 bits per heavy atom. The second kappa shape index (κ2) is 6.37. The number of nitrogens with zero attached hydrogens (tertiary/aromatic N) is 1. The minimum atomic E-state index is 0.110. The first-order valence-corrected chi connectivity index (χ1v) is 5.64. The predicted octanol–water partition coefficient (Wildman–Crippen LogP) is 1.19. The molecule has 0 aliphatic heterocycles. The highest BCUT2D eigenvalue weighted by Gasteiger charge is 2.06. The molecule has 3 nitrogen and oxygen atoms in total. The Bertz CT molecular complexity index is 261. The van der Waals surface area contributed by atoms with E-state index in [1.165, 1.54) is 11.3 Å². The molecule has 1 rings (SSSR count). The van der Waals surface area contributed by atoms with Gasteiger partial charge < -0.3 is 10.2 Å². The van der Waals surface area contributed by atoms with E-state index in [1.54, 1.807) is 0 Å². The molecule has 14 heavy (non-hydrogen) atoms. The average molecular weight is 236 g/mol. The lowest BCUT2D eigenvalue weighted by atomic mass is 10.4. The van der Waals surface area contributed by atoms with Crippen molar-refractivity contribution in [3.05, 3.63) is 21.3 Å². The molecule has 2 N–H and O–H groups in total. The van der Waals surface area contributed by atoms with Crippen molar-refractivity contribution in [1.82, 2.24) is 4.90 Å². The van der Waals surface area contributed by atoms with Crippen molar-refractivity contribution in [3.8, 4) is 0 Å². The summed E-state index contributed by atoms with van der Waals surface area (Å²) in [5.41, 5.74) is 0. The Balaban J connectivity index is 2.46. The van der Waals surface area contributed by atoms with E-state index in [2.05, 4.69) is 0 Å². The van der Waals surface area contributed by atoms with Gasteiger partial charge in [-0.1, -0.05) is 11.6 Å². The van der Waals surface area contributed by atoms with Gasteiger partial charge in [-0.2, -0.15) is 0 Å². The topological polar surface area (TPSA) is 43.7 Å². The summed E-state index contributed by atoms with van der Waals surface area (Å²) >= 11 is 7.33. The first kappa shape index (κ1) is 11.9. The van der Waals surface area contributed by atoms with Gasteiger partial charge in [-0.3, -0.25) is 4.90 Å². The van der Waals surface area contributed by atoms with Crippen LogP contribution in [0, 0.1) is 0 Å². The van der Waals surface area contributed by atoms with Crippen LogP contribution in [0.2, 0.25) is 4.34 Å². The van der Waals surface area contributed by atoms with Crippen molar-refractivity contribution in [1.29, 1.82) is 0 Å². The van der Waals surface area contributed by atoms with E-state index in [4.69, 9.17) is 21.8 Å². The molecule has 1 aromatic rings. The molecule has 0 unspecified atom stereocenters. The standard InChI is InChI=1S/C9H14ClNO2S/c10-9-2-1-8(14-9)7-11(3-5-12)4-6-13/h1-2,12-13H,3-7H2. The quantitative estimate of drug-likeness (QED) is 0.779. The lowest BCUT2D eigenvalue weighted by Gasteiger charge is -2.18. The second-order valence-electron chi connectivity index (χ2n) is 2.93. The van der Waals surface area contributed by atoms with Crippen molar-refractivity contribution < 1.29 is 10.2 Å². The normalized spacial score (nSPS) is 11.1. The maximum atomic E-state index is 8.80. The van der Waals surface area contributed by atoms with Crippen LogP contribution in [0.15, 0.2) is 12.1 Å². The summed E-state index contributed by atoms with van der Waals surface area (Å²) in [6.45, 7) is 2.11. The van der Waals surface area contributed by atoms with Gasteiger partial charge in [-0.25, -0.2) is 0 Å². The van der Waals surface area contributed by atoms with E-state index in [1.807, 2.05) is 17.0 Å². The largest absolute Gasteiger partial charge is 0.395 e. The van der Waals surface area contributed by atoms with Gasteiger partial charge in [0.2, 0.25) is 0 Å². The number of hydrogen-bond donors (Lipinski definition) is 2. The highest BCUT2D eigenvalue weighted by Crippen LogP contribution is 2.22. The molecule has 1 heterocycles. The van der Waals surface area contributed by atoms with Crippen LogP contribution >= 0.6 is 22.9 Å². The molecule has 0 aliphatic rings. The second-order valence-corrected chi connectivity index (χ2v) is 4.73. The molecule has 0 radical (unpaired) electrons. The number of aliphatic hydroxyl groups is 2. The lowest BCUT2D eigenvalue weighted by Crippen LogP contribution is -2.28. The zero-order valence-corrected chi connectivity index (χ0v) is 9.39.